The molecular formula is C12H19N3O2S. The standard InChI is InChI=1S/C12H19N3O2S/c1-3-10-5-4-6-11(9-10)15-12(13)14-7-8-18(2,16)17/h4-6,9H,3,7-8H2,1-2H3,(H3,13,14,15). The predicted molar refractivity (Wildman–Crippen MR) is 75.6 cm³/mol. The number of guanidine groups is 1. The van der Waals surface area contributed by atoms with Crippen molar-refractivity contribution in [2.75, 3.05) is 23.9 Å². The molecule has 0 aliphatic carbocycles. The summed E-state index contributed by atoms with van der Waals surface area (Å²) in [6.07, 6.45) is 2.12. The van der Waals surface area contributed by atoms with E-state index < -0.39 is 9.84 Å². The molecule has 5 nitrogen and oxygen atoms in total. The Bertz CT molecular complexity index is 524. The maximum Gasteiger partial charge on any atom is 0.193 e. The van der Waals surface area contributed by atoms with Crippen LogP contribution in [-0.4, -0.2) is 32.9 Å². The first-order valence-electron chi connectivity index (χ1n) is 5.74. The lowest BCUT2D eigenvalue weighted by Gasteiger charge is -2.06. The van der Waals surface area contributed by atoms with Crippen LogP contribution in [0.3, 0.4) is 0 Å². The monoisotopic (exact) mass is 269 g/mol. The Kier molecular flexibility index (Phi) is 5.15. The summed E-state index contributed by atoms with van der Waals surface area (Å²) < 4.78 is 21.8. The zero-order chi connectivity index (χ0) is 13.6. The van der Waals surface area contributed by atoms with E-state index in [0.717, 1.165) is 12.1 Å². The molecule has 1 rings (SSSR count). The second kappa shape index (κ2) is 6.39. The first-order valence-corrected chi connectivity index (χ1v) is 7.80. The molecule has 0 bridgehead atoms. The summed E-state index contributed by atoms with van der Waals surface area (Å²) in [6.45, 7) is 2.24. The van der Waals surface area contributed by atoms with Crippen LogP contribution in [0.4, 0.5) is 5.69 Å². The molecule has 0 atom stereocenters. The van der Waals surface area contributed by atoms with Crippen molar-refractivity contribution in [3.63, 3.8) is 0 Å². The van der Waals surface area contributed by atoms with Crippen LogP contribution in [0.25, 0.3) is 0 Å². The zero-order valence-electron chi connectivity index (χ0n) is 10.7. The van der Waals surface area contributed by atoms with Crippen LogP contribution >= 0.6 is 0 Å². The molecule has 6 heteroatoms. The summed E-state index contributed by atoms with van der Waals surface area (Å²) in [4.78, 5) is 3.96. The topological polar surface area (TPSA) is 84.5 Å². The van der Waals surface area contributed by atoms with Crippen LogP contribution in [-0.2, 0) is 16.3 Å². The van der Waals surface area contributed by atoms with Crippen LogP contribution in [0.15, 0.2) is 29.3 Å². The molecule has 0 amide bonds. The Balaban J connectivity index is 2.58. The molecule has 1 aromatic carbocycles. The van der Waals surface area contributed by atoms with Crippen molar-refractivity contribution in [1.29, 1.82) is 0 Å². The smallest absolute Gasteiger partial charge is 0.193 e. The minimum Gasteiger partial charge on any atom is -0.370 e. The quantitative estimate of drug-likeness (QED) is 0.617. The maximum atomic E-state index is 10.9. The Labute approximate surface area is 108 Å². The van der Waals surface area contributed by atoms with E-state index in [9.17, 15) is 8.42 Å². The average molecular weight is 269 g/mol. The highest BCUT2D eigenvalue weighted by Gasteiger charge is 2.01. The molecule has 0 aromatic heterocycles. The molecule has 18 heavy (non-hydrogen) atoms. The Hall–Kier alpha value is -1.56. The SMILES string of the molecule is CCc1cccc(NC(N)=NCCS(C)(=O)=O)c1. The Morgan fingerprint density at radius 3 is 2.78 bits per heavy atom. The van der Waals surface area contributed by atoms with E-state index in [2.05, 4.69) is 17.2 Å². The van der Waals surface area contributed by atoms with Gasteiger partial charge in [0, 0.05) is 11.9 Å². The zero-order valence-corrected chi connectivity index (χ0v) is 11.5. The second-order valence-corrected chi connectivity index (χ2v) is 6.34. The molecule has 0 heterocycles. The van der Waals surface area contributed by atoms with E-state index in [-0.39, 0.29) is 18.3 Å². The minimum atomic E-state index is -2.99. The average Bonchev–Trinajstić information content (AvgIpc) is 2.27. The van der Waals surface area contributed by atoms with Gasteiger partial charge < -0.3 is 11.1 Å². The van der Waals surface area contributed by atoms with E-state index >= 15 is 0 Å². The van der Waals surface area contributed by atoms with E-state index in [1.54, 1.807) is 0 Å². The number of benzene rings is 1. The van der Waals surface area contributed by atoms with Gasteiger partial charge in [-0.15, -0.1) is 0 Å². The summed E-state index contributed by atoms with van der Waals surface area (Å²) in [5.74, 6) is 0.233. The number of anilines is 1. The van der Waals surface area contributed by atoms with Crippen LogP contribution in [0.5, 0.6) is 0 Å². The summed E-state index contributed by atoms with van der Waals surface area (Å²) in [7, 11) is -2.99. The molecule has 0 fully saturated rings. The fourth-order valence-electron chi connectivity index (χ4n) is 1.39. The Morgan fingerprint density at radius 2 is 2.17 bits per heavy atom. The van der Waals surface area contributed by atoms with Gasteiger partial charge in [-0.2, -0.15) is 0 Å². The van der Waals surface area contributed by atoms with Gasteiger partial charge >= 0.3 is 0 Å². The van der Waals surface area contributed by atoms with Gasteiger partial charge in [0.1, 0.15) is 9.84 Å². The van der Waals surface area contributed by atoms with E-state index in [4.69, 9.17) is 5.73 Å². The summed E-state index contributed by atoms with van der Waals surface area (Å²) in [6, 6.07) is 7.84. The lowest BCUT2D eigenvalue weighted by Crippen LogP contribution is -2.23. The number of rotatable bonds is 5. The van der Waals surface area contributed by atoms with Crippen molar-refractivity contribution in [2.45, 2.75) is 13.3 Å². The normalized spacial score (nSPS) is 12.4. The lowest BCUT2D eigenvalue weighted by molar-refractivity contribution is 0.601. The van der Waals surface area contributed by atoms with Gasteiger partial charge in [-0.05, 0) is 24.1 Å². The fourth-order valence-corrected chi connectivity index (χ4v) is 1.81. The van der Waals surface area contributed by atoms with Gasteiger partial charge in [-0.3, -0.25) is 4.99 Å². The third-order valence-corrected chi connectivity index (χ3v) is 3.28. The van der Waals surface area contributed by atoms with Crippen LogP contribution < -0.4 is 11.1 Å². The molecule has 100 valence electrons. The number of hydrogen-bond donors (Lipinski definition) is 2. The lowest BCUT2D eigenvalue weighted by atomic mass is 10.1. The van der Waals surface area contributed by atoms with Crippen LogP contribution in [0.1, 0.15) is 12.5 Å². The molecule has 3 N–H and O–H groups in total. The number of aliphatic imine (C=N–C) groups is 1. The second-order valence-electron chi connectivity index (χ2n) is 4.08. The molecule has 1 aromatic rings. The first-order chi connectivity index (χ1) is 8.40. The van der Waals surface area contributed by atoms with Crippen LogP contribution in [0, 0.1) is 0 Å². The predicted octanol–water partition coefficient (Wildman–Crippen LogP) is 1.02. The molecular weight excluding hydrogens is 250 g/mol. The highest BCUT2D eigenvalue weighted by Crippen LogP contribution is 2.10. The molecule has 0 aliphatic heterocycles. The van der Waals surface area contributed by atoms with E-state index in [1.165, 1.54) is 11.8 Å². The molecule has 0 spiro atoms. The largest absolute Gasteiger partial charge is 0.370 e. The highest BCUT2D eigenvalue weighted by atomic mass is 32.2. The third-order valence-electron chi connectivity index (χ3n) is 2.35. The number of nitrogens with zero attached hydrogens (tertiary/aromatic N) is 1. The molecule has 0 saturated carbocycles. The molecule has 0 radical (unpaired) electrons. The van der Waals surface area contributed by atoms with Crippen molar-refractivity contribution < 1.29 is 8.42 Å². The van der Waals surface area contributed by atoms with E-state index in [0.29, 0.717) is 0 Å². The van der Waals surface area contributed by atoms with Crippen molar-refractivity contribution in [3.05, 3.63) is 29.8 Å². The molecule has 0 aliphatic rings. The maximum absolute atomic E-state index is 10.9. The van der Waals surface area contributed by atoms with Crippen molar-refractivity contribution in [3.8, 4) is 0 Å². The van der Waals surface area contributed by atoms with Crippen molar-refractivity contribution >= 4 is 21.5 Å². The van der Waals surface area contributed by atoms with Gasteiger partial charge in [0.25, 0.3) is 0 Å². The van der Waals surface area contributed by atoms with Crippen molar-refractivity contribution in [1.82, 2.24) is 0 Å². The third kappa shape index (κ3) is 5.67. The van der Waals surface area contributed by atoms with E-state index in [1.807, 2.05) is 24.3 Å². The molecule has 0 saturated heterocycles. The molecule has 0 unspecified atom stereocenters. The van der Waals surface area contributed by atoms with Crippen LogP contribution in [0.2, 0.25) is 0 Å². The number of aryl methyl sites for hydroxylation is 1. The van der Waals surface area contributed by atoms with Gasteiger partial charge in [-0.1, -0.05) is 19.1 Å². The highest BCUT2D eigenvalue weighted by molar-refractivity contribution is 7.90. The van der Waals surface area contributed by atoms with Crippen molar-refractivity contribution in [2.24, 2.45) is 10.7 Å². The summed E-state index contributed by atoms with van der Waals surface area (Å²) in [5, 5.41) is 2.94. The van der Waals surface area contributed by atoms with Gasteiger partial charge in [0.2, 0.25) is 0 Å². The number of hydrogen-bond acceptors (Lipinski definition) is 3. The summed E-state index contributed by atoms with van der Waals surface area (Å²) in [5.41, 5.74) is 7.73. The fraction of sp³-hybridized carbons (Fsp3) is 0.417. The van der Waals surface area contributed by atoms with Gasteiger partial charge in [0.15, 0.2) is 5.96 Å². The van der Waals surface area contributed by atoms with Gasteiger partial charge in [0.05, 0.1) is 12.3 Å². The minimum absolute atomic E-state index is 0.00434. The number of nitrogens with one attached hydrogen (secondary N) is 1. The number of nitrogens with two attached hydrogens (primary N) is 1. The van der Waals surface area contributed by atoms with Gasteiger partial charge in [-0.25, -0.2) is 8.42 Å². The summed E-state index contributed by atoms with van der Waals surface area (Å²) >= 11 is 0. The first kappa shape index (κ1) is 14.5. The number of sulfone groups is 1. The Morgan fingerprint density at radius 1 is 1.44 bits per heavy atom.